The molecular weight excluding hydrogens is 406 g/mol. The van der Waals surface area contributed by atoms with Crippen LogP contribution in [0.1, 0.15) is 71.6 Å². The van der Waals surface area contributed by atoms with Crippen LogP contribution in [-0.4, -0.2) is 66.2 Å². The molecule has 1 aliphatic carbocycles. The monoisotopic (exact) mass is 445 g/mol. The minimum atomic E-state index is 0.0586. The fourth-order valence-electron chi connectivity index (χ4n) is 6.24. The van der Waals surface area contributed by atoms with Gasteiger partial charge in [-0.25, -0.2) is 0 Å². The van der Waals surface area contributed by atoms with Crippen molar-refractivity contribution in [3.63, 3.8) is 0 Å². The van der Waals surface area contributed by atoms with Crippen LogP contribution >= 0.6 is 11.6 Å². The molecule has 4 nitrogen and oxygen atoms in total. The summed E-state index contributed by atoms with van der Waals surface area (Å²) >= 11 is 6.33. The van der Waals surface area contributed by atoms with E-state index < -0.39 is 0 Å². The van der Waals surface area contributed by atoms with Crippen molar-refractivity contribution in [2.45, 2.75) is 101 Å². The van der Waals surface area contributed by atoms with Crippen LogP contribution in [-0.2, 0) is 4.74 Å². The SMILES string of the molecule is CN1C(C#N)CCCC1C1OC1CN1CCC(CC#CC2CCCC(Cl)C2)C(C)(C)C1. The summed E-state index contributed by atoms with van der Waals surface area (Å²) in [6.45, 7) is 8.14. The van der Waals surface area contributed by atoms with Crippen LogP contribution in [0.5, 0.6) is 0 Å². The van der Waals surface area contributed by atoms with Crippen molar-refractivity contribution < 1.29 is 4.74 Å². The first-order chi connectivity index (χ1) is 14.9. The maximum absolute atomic E-state index is 9.38. The summed E-state index contributed by atoms with van der Waals surface area (Å²) in [5, 5.41) is 9.72. The van der Waals surface area contributed by atoms with Crippen molar-refractivity contribution in [2.75, 3.05) is 26.7 Å². The highest BCUT2D eigenvalue weighted by Gasteiger charge is 2.49. The van der Waals surface area contributed by atoms with Crippen molar-refractivity contribution in [2.24, 2.45) is 17.3 Å². The molecule has 1 saturated carbocycles. The van der Waals surface area contributed by atoms with E-state index in [9.17, 15) is 5.26 Å². The largest absolute Gasteiger partial charge is 0.366 e. The van der Waals surface area contributed by atoms with E-state index in [0.29, 0.717) is 35.5 Å². The summed E-state index contributed by atoms with van der Waals surface area (Å²) < 4.78 is 6.13. The summed E-state index contributed by atoms with van der Waals surface area (Å²) in [7, 11) is 2.10. The van der Waals surface area contributed by atoms with Gasteiger partial charge in [-0.2, -0.15) is 5.26 Å². The Labute approximate surface area is 194 Å². The first kappa shape index (κ1) is 23.4. The van der Waals surface area contributed by atoms with E-state index in [1.54, 1.807) is 0 Å². The molecule has 3 heterocycles. The summed E-state index contributed by atoms with van der Waals surface area (Å²) in [5.41, 5.74) is 0.284. The number of alkyl halides is 1. The minimum absolute atomic E-state index is 0.0586. The highest BCUT2D eigenvalue weighted by molar-refractivity contribution is 6.20. The van der Waals surface area contributed by atoms with Crippen LogP contribution in [0.25, 0.3) is 0 Å². The zero-order valence-electron chi connectivity index (χ0n) is 19.7. The predicted octanol–water partition coefficient (Wildman–Crippen LogP) is 4.67. The Morgan fingerprint density at radius 3 is 2.68 bits per heavy atom. The zero-order chi connectivity index (χ0) is 22.0. The van der Waals surface area contributed by atoms with Crippen molar-refractivity contribution in [1.29, 1.82) is 5.26 Å². The lowest BCUT2D eigenvalue weighted by Gasteiger charge is -2.44. The molecule has 4 fully saturated rings. The molecule has 0 aromatic carbocycles. The third-order valence-electron chi connectivity index (χ3n) is 8.38. The van der Waals surface area contributed by atoms with E-state index in [1.165, 1.54) is 19.3 Å². The quantitative estimate of drug-likeness (QED) is 0.358. The predicted molar refractivity (Wildman–Crippen MR) is 126 cm³/mol. The molecule has 4 rings (SSSR count). The van der Waals surface area contributed by atoms with Crippen LogP contribution < -0.4 is 0 Å². The number of nitriles is 1. The number of rotatable bonds is 4. The Balaban J connectivity index is 1.23. The number of piperidine rings is 2. The molecule has 0 amide bonds. The van der Waals surface area contributed by atoms with E-state index in [2.05, 4.69) is 48.6 Å². The molecule has 0 radical (unpaired) electrons. The third-order valence-corrected chi connectivity index (χ3v) is 8.77. The second-order valence-electron chi connectivity index (χ2n) is 11.1. The van der Waals surface area contributed by atoms with Gasteiger partial charge >= 0.3 is 0 Å². The fraction of sp³-hybridized carbons (Fsp3) is 0.885. The maximum atomic E-state index is 9.38. The highest BCUT2D eigenvalue weighted by Crippen LogP contribution is 2.40. The van der Waals surface area contributed by atoms with E-state index in [0.717, 1.165) is 58.2 Å². The number of halogens is 1. The summed E-state index contributed by atoms with van der Waals surface area (Å²) in [6.07, 6.45) is 10.9. The van der Waals surface area contributed by atoms with Gasteiger partial charge in [-0.3, -0.25) is 4.90 Å². The molecule has 7 unspecified atom stereocenters. The van der Waals surface area contributed by atoms with Crippen molar-refractivity contribution in [1.82, 2.24) is 9.80 Å². The Kier molecular flexibility index (Phi) is 7.55. The van der Waals surface area contributed by atoms with Gasteiger partial charge in [-0.1, -0.05) is 26.2 Å². The lowest BCUT2D eigenvalue weighted by molar-refractivity contribution is 0.0534. The van der Waals surface area contributed by atoms with Gasteiger partial charge in [0, 0.05) is 36.8 Å². The first-order valence-corrected chi connectivity index (χ1v) is 12.9. The normalized spacial score (nSPS) is 41.1. The van der Waals surface area contributed by atoms with Crippen LogP contribution in [0.2, 0.25) is 0 Å². The van der Waals surface area contributed by atoms with Gasteiger partial charge in [0.15, 0.2) is 0 Å². The molecule has 0 bridgehead atoms. The van der Waals surface area contributed by atoms with Gasteiger partial charge in [0.2, 0.25) is 0 Å². The van der Waals surface area contributed by atoms with Gasteiger partial charge < -0.3 is 9.64 Å². The van der Waals surface area contributed by atoms with E-state index in [4.69, 9.17) is 16.3 Å². The smallest absolute Gasteiger partial charge is 0.101 e. The topological polar surface area (TPSA) is 42.8 Å². The molecule has 0 N–H and O–H groups in total. The standard InChI is InChI=1S/C26H40ClN3O/c1-26(2)18-30(14-13-20(26)9-4-7-19-8-5-10-21(27)15-19)17-24-25(31-24)23-12-6-11-22(16-28)29(23)3/h19-25H,5-6,8-15,17-18H2,1-3H3. The van der Waals surface area contributed by atoms with E-state index in [1.807, 2.05) is 0 Å². The number of nitrogens with zero attached hydrogens (tertiary/aromatic N) is 3. The fourth-order valence-corrected chi connectivity index (χ4v) is 6.61. The van der Waals surface area contributed by atoms with Crippen molar-refractivity contribution >= 4 is 11.6 Å². The van der Waals surface area contributed by atoms with Gasteiger partial charge in [-0.15, -0.1) is 17.5 Å². The number of hydrogen-bond donors (Lipinski definition) is 0. The zero-order valence-corrected chi connectivity index (χ0v) is 20.4. The van der Waals surface area contributed by atoms with Crippen LogP contribution in [0.15, 0.2) is 0 Å². The van der Waals surface area contributed by atoms with Crippen LogP contribution in [0.4, 0.5) is 0 Å². The van der Waals surface area contributed by atoms with Gasteiger partial charge in [-0.05, 0) is 69.9 Å². The maximum Gasteiger partial charge on any atom is 0.101 e. The van der Waals surface area contributed by atoms with E-state index >= 15 is 0 Å². The van der Waals surface area contributed by atoms with Crippen molar-refractivity contribution in [3.05, 3.63) is 0 Å². The Morgan fingerprint density at radius 1 is 1.13 bits per heavy atom. The number of likely N-dealkylation sites (N-methyl/N-ethyl adjacent to an activating group) is 1. The number of likely N-dealkylation sites (tertiary alicyclic amines) is 2. The lowest BCUT2D eigenvalue weighted by atomic mass is 9.72. The van der Waals surface area contributed by atoms with Crippen molar-refractivity contribution in [3.8, 4) is 17.9 Å². The first-order valence-electron chi connectivity index (χ1n) is 12.5. The molecule has 3 aliphatic heterocycles. The molecule has 7 atom stereocenters. The number of ether oxygens (including phenoxy) is 1. The highest BCUT2D eigenvalue weighted by atomic mass is 35.5. The molecule has 0 aromatic rings. The molecule has 31 heavy (non-hydrogen) atoms. The molecule has 5 heteroatoms. The van der Waals surface area contributed by atoms with E-state index in [-0.39, 0.29) is 11.5 Å². The Morgan fingerprint density at radius 2 is 1.94 bits per heavy atom. The molecule has 4 aliphatic rings. The molecule has 0 aromatic heterocycles. The second kappa shape index (κ2) is 10.0. The molecular formula is C26H40ClN3O. The average Bonchev–Trinajstić information content (AvgIpc) is 3.48. The average molecular weight is 446 g/mol. The van der Waals surface area contributed by atoms with Crippen LogP contribution in [0, 0.1) is 40.4 Å². The number of hydrogen-bond acceptors (Lipinski definition) is 4. The second-order valence-corrected chi connectivity index (χ2v) is 11.8. The minimum Gasteiger partial charge on any atom is -0.366 e. The number of epoxide rings is 1. The molecule has 3 saturated heterocycles. The summed E-state index contributed by atoms with van der Waals surface area (Å²) in [5.74, 6) is 8.28. The summed E-state index contributed by atoms with van der Waals surface area (Å²) in [6, 6.07) is 2.93. The molecule has 0 spiro atoms. The Bertz CT molecular complexity index is 722. The molecule has 172 valence electrons. The third kappa shape index (κ3) is 5.78. The van der Waals surface area contributed by atoms with Gasteiger partial charge in [0.25, 0.3) is 0 Å². The Hall–Kier alpha value is -0.780. The summed E-state index contributed by atoms with van der Waals surface area (Å²) in [4.78, 5) is 4.88. The van der Waals surface area contributed by atoms with Gasteiger partial charge in [0.1, 0.15) is 6.10 Å². The van der Waals surface area contributed by atoms with Crippen LogP contribution in [0.3, 0.4) is 0 Å². The lowest BCUT2D eigenvalue weighted by Crippen LogP contribution is -2.49. The van der Waals surface area contributed by atoms with Gasteiger partial charge in [0.05, 0.1) is 18.2 Å².